The molecule has 28 heavy (non-hydrogen) atoms. The van der Waals surface area contributed by atoms with Gasteiger partial charge in [0.15, 0.2) is 16.8 Å². The molecule has 10 heteroatoms. The first-order chi connectivity index (χ1) is 13.7. The molecule has 0 fully saturated rings. The first-order valence-corrected chi connectivity index (χ1v) is 9.39. The minimum absolute atomic E-state index is 0.0706. The van der Waals surface area contributed by atoms with Gasteiger partial charge in [0.1, 0.15) is 17.3 Å². The summed E-state index contributed by atoms with van der Waals surface area (Å²) < 4.78 is 34.2. The van der Waals surface area contributed by atoms with Gasteiger partial charge in [-0.2, -0.15) is 4.98 Å². The zero-order chi connectivity index (χ0) is 19.5. The molecule has 0 aliphatic heterocycles. The van der Waals surface area contributed by atoms with Gasteiger partial charge in [-0.3, -0.25) is 4.98 Å². The van der Waals surface area contributed by atoms with Crippen LogP contribution < -0.4 is 0 Å². The Labute approximate surface area is 162 Å². The Kier molecular flexibility index (Phi) is 5.11. The highest BCUT2D eigenvalue weighted by Gasteiger charge is 2.17. The lowest BCUT2D eigenvalue weighted by Crippen LogP contribution is -2.01. The molecule has 0 atom stereocenters. The highest BCUT2D eigenvalue weighted by Crippen LogP contribution is 2.26. The Hall–Kier alpha value is -3.14. The summed E-state index contributed by atoms with van der Waals surface area (Å²) in [6, 6.07) is 8.66. The maximum Gasteiger partial charge on any atom is 0.261 e. The van der Waals surface area contributed by atoms with Crippen LogP contribution in [0.5, 0.6) is 0 Å². The predicted octanol–water partition coefficient (Wildman–Crippen LogP) is 3.98. The summed E-state index contributed by atoms with van der Waals surface area (Å²) in [6.45, 7) is 2.65. The van der Waals surface area contributed by atoms with Gasteiger partial charge in [0, 0.05) is 12.7 Å². The van der Waals surface area contributed by atoms with Gasteiger partial charge in [-0.1, -0.05) is 23.0 Å². The number of nitrogens with zero attached hydrogens (tertiary/aromatic N) is 6. The first-order valence-electron chi connectivity index (χ1n) is 8.41. The number of hydrogen-bond acceptors (Lipinski definition) is 7. The van der Waals surface area contributed by atoms with Crippen LogP contribution in [0.15, 0.2) is 52.3 Å². The third kappa shape index (κ3) is 3.63. The average molecular weight is 400 g/mol. The van der Waals surface area contributed by atoms with E-state index < -0.39 is 11.6 Å². The fourth-order valence-corrected chi connectivity index (χ4v) is 3.42. The van der Waals surface area contributed by atoms with Gasteiger partial charge in [0.25, 0.3) is 5.89 Å². The molecule has 0 radical (unpaired) electrons. The summed E-state index contributed by atoms with van der Waals surface area (Å²) in [7, 11) is 0. The Bertz CT molecular complexity index is 1100. The van der Waals surface area contributed by atoms with Crippen molar-refractivity contribution < 1.29 is 13.3 Å². The van der Waals surface area contributed by atoms with Crippen molar-refractivity contribution in [2.24, 2.45) is 0 Å². The Morgan fingerprint density at radius 3 is 2.82 bits per heavy atom. The van der Waals surface area contributed by atoms with E-state index in [2.05, 4.69) is 25.3 Å². The van der Waals surface area contributed by atoms with Gasteiger partial charge < -0.3 is 9.09 Å². The average Bonchev–Trinajstić information content (AvgIpc) is 3.35. The van der Waals surface area contributed by atoms with Crippen LogP contribution in [-0.4, -0.2) is 29.9 Å². The summed E-state index contributed by atoms with van der Waals surface area (Å²) in [6.07, 6.45) is 1.70. The first kappa shape index (κ1) is 18.2. The van der Waals surface area contributed by atoms with E-state index in [1.165, 1.54) is 11.8 Å². The molecule has 3 aromatic heterocycles. The molecule has 7 nitrogen and oxygen atoms in total. The standard InChI is InChI=1S/C18H14F2N6OS/c1-2-26-16(14-5-3-4-8-21-14)23-24-18(26)28-10-15-22-17(27-25-15)12-9-11(19)6-7-13(12)20/h3-9H,2,10H2,1H3. The molecule has 0 saturated heterocycles. The van der Waals surface area contributed by atoms with Gasteiger partial charge >= 0.3 is 0 Å². The van der Waals surface area contributed by atoms with E-state index in [9.17, 15) is 8.78 Å². The molecule has 4 aromatic rings. The van der Waals surface area contributed by atoms with Crippen LogP contribution in [-0.2, 0) is 12.3 Å². The van der Waals surface area contributed by atoms with E-state index >= 15 is 0 Å². The molecule has 0 aliphatic rings. The lowest BCUT2D eigenvalue weighted by molar-refractivity contribution is 0.422. The zero-order valence-electron chi connectivity index (χ0n) is 14.7. The molecule has 0 aliphatic carbocycles. The molecular weight excluding hydrogens is 386 g/mol. The smallest absolute Gasteiger partial charge is 0.261 e. The monoisotopic (exact) mass is 400 g/mol. The predicted molar refractivity (Wildman–Crippen MR) is 98.1 cm³/mol. The van der Waals surface area contributed by atoms with Crippen LogP contribution in [0.25, 0.3) is 23.0 Å². The largest absolute Gasteiger partial charge is 0.334 e. The van der Waals surface area contributed by atoms with Crippen LogP contribution in [0, 0.1) is 11.6 Å². The number of halogens is 2. The molecule has 0 bridgehead atoms. The van der Waals surface area contributed by atoms with E-state index in [1.807, 2.05) is 29.7 Å². The van der Waals surface area contributed by atoms with Crippen LogP contribution in [0.2, 0.25) is 0 Å². The number of rotatable bonds is 6. The molecule has 1 aromatic carbocycles. The maximum atomic E-state index is 13.9. The van der Waals surface area contributed by atoms with Gasteiger partial charge in [-0.15, -0.1) is 10.2 Å². The molecule has 3 heterocycles. The molecule has 4 rings (SSSR count). The van der Waals surface area contributed by atoms with E-state index in [1.54, 1.807) is 6.20 Å². The van der Waals surface area contributed by atoms with Crippen LogP contribution in [0.4, 0.5) is 8.78 Å². The molecule has 142 valence electrons. The van der Waals surface area contributed by atoms with Crippen molar-refractivity contribution in [1.82, 2.24) is 29.9 Å². The van der Waals surface area contributed by atoms with E-state index in [0.29, 0.717) is 29.1 Å². The molecular formula is C18H14F2N6OS. The van der Waals surface area contributed by atoms with Crippen LogP contribution in [0.1, 0.15) is 12.7 Å². The van der Waals surface area contributed by atoms with Crippen molar-refractivity contribution in [3.63, 3.8) is 0 Å². The second-order valence-corrected chi connectivity index (χ2v) is 6.64. The maximum absolute atomic E-state index is 13.9. The lowest BCUT2D eigenvalue weighted by Gasteiger charge is -2.05. The van der Waals surface area contributed by atoms with Crippen molar-refractivity contribution >= 4 is 11.8 Å². The van der Waals surface area contributed by atoms with E-state index in [-0.39, 0.29) is 11.5 Å². The summed E-state index contributed by atoms with van der Waals surface area (Å²) in [4.78, 5) is 8.45. The topological polar surface area (TPSA) is 82.5 Å². The van der Waals surface area contributed by atoms with Crippen molar-refractivity contribution in [3.05, 3.63) is 60.1 Å². The Morgan fingerprint density at radius 2 is 2.04 bits per heavy atom. The van der Waals surface area contributed by atoms with E-state index in [4.69, 9.17) is 4.52 Å². The molecule has 0 saturated carbocycles. The second kappa shape index (κ2) is 7.85. The molecule has 0 unspecified atom stereocenters. The van der Waals surface area contributed by atoms with Gasteiger partial charge in [-0.05, 0) is 37.3 Å². The molecule has 0 spiro atoms. The fraction of sp³-hybridized carbons (Fsp3) is 0.167. The highest BCUT2D eigenvalue weighted by molar-refractivity contribution is 7.98. The number of thioether (sulfide) groups is 1. The number of hydrogen-bond donors (Lipinski definition) is 0. The van der Waals surface area contributed by atoms with Gasteiger partial charge in [0.05, 0.1) is 11.3 Å². The summed E-state index contributed by atoms with van der Waals surface area (Å²) >= 11 is 1.36. The summed E-state index contributed by atoms with van der Waals surface area (Å²) in [5.74, 6) is 0.0631. The van der Waals surface area contributed by atoms with Gasteiger partial charge in [0.2, 0.25) is 0 Å². The minimum atomic E-state index is -0.630. The highest BCUT2D eigenvalue weighted by atomic mass is 32.2. The SMILES string of the molecule is CCn1c(SCc2noc(-c3cc(F)ccc3F)n2)nnc1-c1ccccn1. The molecule has 0 N–H and O–H groups in total. The summed E-state index contributed by atoms with van der Waals surface area (Å²) in [5, 5.41) is 12.9. The number of benzene rings is 1. The second-order valence-electron chi connectivity index (χ2n) is 5.69. The van der Waals surface area contributed by atoms with Crippen molar-refractivity contribution in [1.29, 1.82) is 0 Å². The Morgan fingerprint density at radius 1 is 1.14 bits per heavy atom. The van der Waals surface area contributed by atoms with E-state index in [0.717, 1.165) is 23.9 Å². The van der Waals surface area contributed by atoms with Crippen LogP contribution >= 0.6 is 11.8 Å². The zero-order valence-corrected chi connectivity index (χ0v) is 15.5. The number of aromatic nitrogens is 6. The van der Waals surface area contributed by atoms with Gasteiger partial charge in [-0.25, -0.2) is 8.78 Å². The Balaban J connectivity index is 1.52. The minimum Gasteiger partial charge on any atom is -0.334 e. The fourth-order valence-electron chi connectivity index (χ4n) is 2.58. The van der Waals surface area contributed by atoms with Crippen molar-refractivity contribution in [2.75, 3.05) is 0 Å². The molecule has 0 amide bonds. The third-order valence-electron chi connectivity index (χ3n) is 3.88. The van der Waals surface area contributed by atoms with Crippen molar-refractivity contribution in [2.45, 2.75) is 24.4 Å². The summed E-state index contributed by atoms with van der Waals surface area (Å²) in [5.41, 5.74) is 0.657. The third-order valence-corrected chi connectivity index (χ3v) is 4.85. The lowest BCUT2D eigenvalue weighted by atomic mass is 10.2. The van der Waals surface area contributed by atoms with Crippen LogP contribution in [0.3, 0.4) is 0 Å². The quantitative estimate of drug-likeness (QED) is 0.453. The van der Waals surface area contributed by atoms with Crippen molar-refractivity contribution in [3.8, 4) is 23.0 Å². The number of pyridine rings is 1. The normalized spacial score (nSPS) is 11.1.